The van der Waals surface area contributed by atoms with Crippen LogP contribution >= 0.6 is 0 Å². The number of nitrogens with zero attached hydrogens (tertiary/aromatic N) is 1. The van der Waals surface area contributed by atoms with Gasteiger partial charge in [-0.2, -0.15) is 0 Å². The predicted octanol–water partition coefficient (Wildman–Crippen LogP) is 2.41. The zero-order valence-electron chi connectivity index (χ0n) is 13.9. The molecule has 0 unspecified atom stereocenters. The van der Waals surface area contributed by atoms with Gasteiger partial charge in [-0.25, -0.2) is 4.79 Å². The molecule has 0 saturated carbocycles. The van der Waals surface area contributed by atoms with Crippen molar-refractivity contribution in [3.8, 4) is 0 Å². The van der Waals surface area contributed by atoms with Crippen molar-refractivity contribution in [2.45, 2.75) is 19.3 Å². The molecule has 2 aromatic carbocycles. The molecule has 0 aliphatic carbocycles. The van der Waals surface area contributed by atoms with Crippen LogP contribution < -0.4 is 5.32 Å². The van der Waals surface area contributed by atoms with Gasteiger partial charge in [0.1, 0.15) is 0 Å². The number of carbonyl (C=O) groups is 1. The van der Waals surface area contributed by atoms with Crippen LogP contribution in [0.15, 0.2) is 60.7 Å². The second-order valence-corrected chi connectivity index (χ2v) is 5.68. The number of carbonyl (C=O) groups excluding carboxylic acids is 1. The van der Waals surface area contributed by atoms with Crippen LogP contribution in [-0.2, 0) is 17.9 Å². The largest absolute Gasteiger partial charge is 0.389 e. The van der Waals surface area contributed by atoms with Gasteiger partial charge in [0.05, 0.1) is 25.9 Å². The van der Waals surface area contributed by atoms with Crippen molar-refractivity contribution in [1.82, 2.24) is 10.2 Å². The SMILES string of the molecule is CN(C[C@H](O)COCc1ccccc1)C(=O)NCc1ccccc1. The lowest BCUT2D eigenvalue weighted by Gasteiger charge is -2.21. The number of nitrogens with one attached hydrogen (secondary N) is 1. The third kappa shape index (κ3) is 6.40. The number of hydrogen-bond donors (Lipinski definition) is 2. The number of likely N-dealkylation sites (N-methyl/N-ethyl adjacent to an activating group) is 1. The molecule has 0 bridgehead atoms. The number of rotatable bonds is 8. The summed E-state index contributed by atoms with van der Waals surface area (Å²) in [5, 5.41) is 12.8. The summed E-state index contributed by atoms with van der Waals surface area (Å²) in [6.07, 6.45) is -0.721. The Morgan fingerprint density at radius 3 is 2.29 bits per heavy atom. The van der Waals surface area contributed by atoms with Crippen LogP contribution in [0.25, 0.3) is 0 Å². The Morgan fingerprint density at radius 2 is 1.67 bits per heavy atom. The summed E-state index contributed by atoms with van der Waals surface area (Å²) < 4.78 is 5.48. The van der Waals surface area contributed by atoms with Crippen LogP contribution in [0.2, 0.25) is 0 Å². The first kappa shape index (κ1) is 18.0. The lowest BCUT2D eigenvalue weighted by molar-refractivity contribution is 0.0181. The topological polar surface area (TPSA) is 61.8 Å². The van der Waals surface area contributed by atoms with E-state index in [1.54, 1.807) is 7.05 Å². The number of ether oxygens (including phenoxy) is 1. The molecule has 0 aliphatic heterocycles. The first-order valence-corrected chi connectivity index (χ1v) is 7.98. The maximum atomic E-state index is 12.0. The summed E-state index contributed by atoms with van der Waals surface area (Å²) in [6.45, 7) is 1.31. The summed E-state index contributed by atoms with van der Waals surface area (Å²) in [4.78, 5) is 13.5. The van der Waals surface area contributed by atoms with Gasteiger partial charge in [-0.1, -0.05) is 60.7 Å². The minimum Gasteiger partial charge on any atom is -0.389 e. The van der Waals surface area contributed by atoms with Gasteiger partial charge in [-0.05, 0) is 11.1 Å². The highest BCUT2D eigenvalue weighted by atomic mass is 16.5. The minimum absolute atomic E-state index is 0.186. The number of aliphatic hydroxyl groups excluding tert-OH is 1. The highest BCUT2D eigenvalue weighted by Crippen LogP contribution is 2.02. The molecule has 128 valence electrons. The molecule has 2 N–H and O–H groups in total. The number of aliphatic hydroxyl groups is 1. The molecule has 2 aromatic rings. The van der Waals surface area contributed by atoms with E-state index in [1.807, 2.05) is 60.7 Å². The Morgan fingerprint density at radius 1 is 1.08 bits per heavy atom. The number of hydrogen-bond acceptors (Lipinski definition) is 3. The Bertz CT molecular complexity index is 605. The fourth-order valence-corrected chi connectivity index (χ4v) is 2.25. The Balaban J connectivity index is 1.65. The smallest absolute Gasteiger partial charge is 0.317 e. The van der Waals surface area contributed by atoms with Crippen molar-refractivity contribution in [2.75, 3.05) is 20.2 Å². The summed E-state index contributed by atoms with van der Waals surface area (Å²) in [6, 6.07) is 19.2. The molecular weight excluding hydrogens is 304 g/mol. The van der Waals surface area contributed by atoms with Crippen molar-refractivity contribution in [3.05, 3.63) is 71.8 Å². The third-order valence-corrected chi connectivity index (χ3v) is 3.54. The molecule has 0 saturated heterocycles. The number of urea groups is 1. The number of amides is 2. The molecule has 0 spiro atoms. The van der Waals surface area contributed by atoms with Gasteiger partial charge in [0.15, 0.2) is 0 Å². The molecule has 0 heterocycles. The second-order valence-electron chi connectivity index (χ2n) is 5.68. The van der Waals surface area contributed by atoms with E-state index < -0.39 is 6.10 Å². The Hall–Kier alpha value is -2.37. The average Bonchev–Trinajstić information content (AvgIpc) is 2.61. The monoisotopic (exact) mass is 328 g/mol. The first-order chi connectivity index (χ1) is 11.6. The summed E-state index contributed by atoms with van der Waals surface area (Å²) in [5.74, 6) is 0. The van der Waals surface area contributed by atoms with Gasteiger partial charge < -0.3 is 20.1 Å². The normalized spacial score (nSPS) is 11.8. The summed E-state index contributed by atoms with van der Waals surface area (Å²) in [7, 11) is 1.65. The Kier molecular flexibility index (Phi) is 7.26. The highest BCUT2D eigenvalue weighted by Gasteiger charge is 2.13. The van der Waals surface area contributed by atoms with Crippen LogP contribution in [0.3, 0.4) is 0 Å². The second kappa shape index (κ2) is 9.70. The van der Waals surface area contributed by atoms with Crippen LogP contribution in [0, 0.1) is 0 Å². The molecule has 5 heteroatoms. The van der Waals surface area contributed by atoms with Gasteiger partial charge in [0.2, 0.25) is 0 Å². The van der Waals surface area contributed by atoms with Crippen molar-refractivity contribution < 1.29 is 14.6 Å². The minimum atomic E-state index is -0.721. The molecule has 24 heavy (non-hydrogen) atoms. The molecule has 0 aliphatic rings. The zero-order valence-corrected chi connectivity index (χ0v) is 13.9. The van der Waals surface area contributed by atoms with Crippen molar-refractivity contribution in [1.29, 1.82) is 0 Å². The molecule has 2 amide bonds. The summed E-state index contributed by atoms with van der Waals surface area (Å²) >= 11 is 0. The van der Waals surface area contributed by atoms with Gasteiger partial charge in [-0.15, -0.1) is 0 Å². The van der Waals surface area contributed by atoms with E-state index in [4.69, 9.17) is 4.74 Å². The fraction of sp³-hybridized carbons (Fsp3) is 0.316. The molecule has 2 rings (SSSR count). The molecule has 0 aromatic heterocycles. The van der Waals surface area contributed by atoms with Crippen molar-refractivity contribution in [2.24, 2.45) is 0 Å². The zero-order chi connectivity index (χ0) is 17.2. The van der Waals surface area contributed by atoms with Crippen LogP contribution in [-0.4, -0.2) is 42.3 Å². The van der Waals surface area contributed by atoms with Crippen LogP contribution in [0.1, 0.15) is 11.1 Å². The van der Waals surface area contributed by atoms with E-state index in [9.17, 15) is 9.90 Å². The molecule has 0 fully saturated rings. The van der Waals surface area contributed by atoms with E-state index in [-0.39, 0.29) is 19.2 Å². The molecule has 5 nitrogen and oxygen atoms in total. The lowest BCUT2D eigenvalue weighted by atomic mass is 10.2. The lowest BCUT2D eigenvalue weighted by Crippen LogP contribution is -2.42. The molecule has 0 radical (unpaired) electrons. The van der Waals surface area contributed by atoms with Crippen LogP contribution in [0.5, 0.6) is 0 Å². The first-order valence-electron chi connectivity index (χ1n) is 7.98. The summed E-state index contributed by atoms with van der Waals surface area (Å²) in [5.41, 5.74) is 2.09. The standard InChI is InChI=1S/C19H24N2O3/c1-21(19(23)20-12-16-8-4-2-5-9-16)13-18(22)15-24-14-17-10-6-3-7-11-17/h2-11,18,22H,12-15H2,1H3,(H,20,23)/t18-/m0/s1. The van der Waals surface area contributed by atoms with E-state index in [0.29, 0.717) is 13.2 Å². The van der Waals surface area contributed by atoms with Crippen LogP contribution in [0.4, 0.5) is 4.79 Å². The average molecular weight is 328 g/mol. The van der Waals surface area contributed by atoms with E-state index in [0.717, 1.165) is 11.1 Å². The van der Waals surface area contributed by atoms with E-state index in [2.05, 4.69) is 5.32 Å². The fourth-order valence-electron chi connectivity index (χ4n) is 2.25. The molecule has 1 atom stereocenters. The quantitative estimate of drug-likeness (QED) is 0.782. The maximum Gasteiger partial charge on any atom is 0.317 e. The van der Waals surface area contributed by atoms with Gasteiger partial charge in [-0.3, -0.25) is 0 Å². The van der Waals surface area contributed by atoms with Crippen molar-refractivity contribution in [3.63, 3.8) is 0 Å². The third-order valence-electron chi connectivity index (χ3n) is 3.54. The molecular formula is C19H24N2O3. The van der Waals surface area contributed by atoms with Gasteiger partial charge in [0.25, 0.3) is 0 Å². The number of benzene rings is 2. The van der Waals surface area contributed by atoms with E-state index in [1.165, 1.54) is 4.90 Å². The predicted molar refractivity (Wildman–Crippen MR) is 93.4 cm³/mol. The highest BCUT2D eigenvalue weighted by molar-refractivity contribution is 5.73. The van der Waals surface area contributed by atoms with Gasteiger partial charge >= 0.3 is 6.03 Å². The van der Waals surface area contributed by atoms with Crippen molar-refractivity contribution >= 4 is 6.03 Å². The maximum absolute atomic E-state index is 12.0. The van der Waals surface area contributed by atoms with Gasteiger partial charge in [0, 0.05) is 13.6 Å². The Labute approximate surface area is 142 Å². The van der Waals surface area contributed by atoms with E-state index >= 15 is 0 Å².